The van der Waals surface area contributed by atoms with Crippen LogP contribution in [0, 0.1) is 0 Å². The van der Waals surface area contributed by atoms with Crippen LogP contribution in [0.3, 0.4) is 0 Å². The van der Waals surface area contributed by atoms with Crippen LogP contribution < -0.4 is 16.0 Å². The first-order valence-corrected chi connectivity index (χ1v) is 7.55. The van der Waals surface area contributed by atoms with Crippen LogP contribution in [0.4, 0.5) is 4.79 Å². The highest BCUT2D eigenvalue weighted by Gasteiger charge is 2.29. The molecule has 1 aliphatic heterocycles. The molecule has 3 rings (SSSR count). The Kier molecular flexibility index (Phi) is 3.87. The fourth-order valence-electron chi connectivity index (χ4n) is 2.28. The molecule has 0 bridgehead atoms. The van der Waals surface area contributed by atoms with Gasteiger partial charge in [0.1, 0.15) is 6.04 Å². The number of carbonyl (C=O) groups is 2. The minimum absolute atomic E-state index is 0.185. The maximum absolute atomic E-state index is 12.3. The average Bonchev–Trinajstić information content (AvgIpc) is 3.17. The summed E-state index contributed by atoms with van der Waals surface area (Å²) in [4.78, 5) is 24.5. The average molecular weight is 301 g/mol. The maximum atomic E-state index is 12.3. The van der Waals surface area contributed by atoms with E-state index in [1.54, 1.807) is 11.3 Å². The Hall–Kier alpha value is -2.34. The fourth-order valence-corrected chi connectivity index (χ4v) is 3.08. The Morgan fingerprint density at radius 2 is 2.05 bits per heavy atom. The molecule has 0 aliphatic carbocycles. The Morgan fingerprint density at radius 1 is 1.24 bits per heavy atom. The normalized spacial score (nSPS) is 18.7. The summed E-state index contributed by atoms with van der Waals surface area (Å²) in [5, 5.41) is 10.2. The summed E-state index contributed by atoms with van der Waals surface area (Å²) in [6.07, 6.45) is 0. The van der Waals surface area contributed by atoms with Crippen molar-refractivity contribution in [1.29, 1.82) is 0 Å². The van der Waals surface area contributed by atoms with Gasteiger partial charge in [-0.3, -0.25) is 4.79 Å². The summed E-state index contributed by atoms with van der Waals surface area (Å²) < 4.78 is 0. The lowest BCUT2D eigenvalue weighted by Crippen LogP contribution is -2.44. The molecule has 0 unspecified atom stereocenters. The Bertz CT molecular complexity index is 628. The molecule has 1 aromatic heterocycles. The van der Waals surface area contributed by atoms with Crippen LogP contribution in [0.2, 0.25) is 0 Å². The van der Waals surface area contributed by atoms with E-state index in [1.807, 2.05) is 47.8 Å². The van der Waals surface area contributed by atoms with Crippen molar-refractivity contribution in [2.24, 2.45) is 0 Å². The van der Waals surface area contributed by atoms with Crippen molar-refractivity contribution in [2.45, 2.75) is 12.1 Å². The summed E-state index contributed by atoms with van der Waals surface area (Å²) in [6, 6.07) is 12.7. The summed E-state index contributed by atoms with van der Waals surface area (Å²) in [5.74, 6) is -0.185. The topological polar surface area (TPSA) is 70.2 Å². The predicted molar refractivity (Wildman–Crippen MR) is 81.1 cm³/mol. The smallest absolute Gasteiger partial charge is 0.315 e. The molecular weight excluding hydrogens is 286 g/mol. The second-order valence-electron chi connectivity index (χ2n) is 4.77. The molecule has 6 heteroatoms. The lowest BCUT2D eigenvalue weighted by molar-refractivity contribution is -0.122. The van der Waals surface area contributed by atoms with Crippen LogP contribution in [0.1, 0.15) is 16.5 Å². The zero-order chi connectivity index (χ0) is 14.7. The monoisotopic (exact) mass is 301 g/mol. The van der Waals surface area contributed by atoms with E-state index in [-0.39, 0.29) is 18.0 Å². The number of thiophene rings is 1. The molecule has 21 heavy (non-hydrogen) atoms. The van der Waals surface area contributed by atoms with Gasteiger partial charge in [0.05, 0.1) is 6.04 Å². The fraction of sp³-hybridized carbons (Fsp3) is 0.200. The third kappa shape index (κ3) is 3.05. The van der Waals surface area contributed by atoms with Crippen molar-refractivity contribution in [2.75, 3.05) is 6.54 Å². The molecule has 3 N–H and O–H groups in total. The predicted octanol–water partition coefficient (Wildman–Crippen LogP) is 1.64. The zero-order valence-corrected chi connectivity index (χ0v) is 12.0. The summed E-state index contributed by atoms with van der Waals surface area (Å²) in [6.45, 7) is 0.316. The van der Waals surface area contributed by atoms with Crippen molar-refractivity contribution in [1.82, 2.24) is 16.0 Å². The molecule has 1 fully saturated rings. The van der Waals surface area contributed by atoms with Gasteiger partial charge in [-0.1, -0.05) is 36.4 Å². The number of carbonyl (C=O) groups excluding carboxylic acids is 2. The van der Waals surface area contributed by atoms with Crippen LogP contribution in [-0.2, 0) is 4.79 Å². The number of urea groups is 1. The van der Waals surface area contributed by atoms with Gasteiger partial charge in [0.25, 0.3) is 0 Å². The first-order valence-electron chi connectivity index (χ1n) is 6.67. The molecule has 2 atom stereocenters. The molecule has 1 aliphatic rings. The highest BCUT2D eigenvalue weighted by atomic mass is 32.1. The number of amides is 3. The minimum Gasteiger partial charge on any atom is -0.343 e. The lowest BCUT2D eigenvalue weighted by atomic mass is 10.0. The molecule has 3 amide bonds. The third-order valence-corrected chi connectivity index (χ3v) is 4.27. The van der Waals surface area contributed by atoms with Crippen LogP contribution in [0.15, 0.2) is 47.8 Å². The minimum atomic E-state index is -0.524. The van der Waals surface area contributed by atoms with Gasteiger partial charge in [-0.25, -0.2) is 4.79 Å². The van der Waals surface area contributed by atoms with Crippen molar-refractivity contribution >= 4 is 23.3 Å². The van der Waals surface area contributed by atoms with E-state index in [4.69, 9.17) is 0 Å². The highest BCUT2D eigenvalue weighted by molar-refractivity contribution is 7.10. The van der Waals surface area contributed by atoms with Crippen molar-refractivity contribution in [3.8, 4) is 0 Å². The largest absolute Gasteiger partial charge is 0.343 e. The molecule has 1 aromatic carbocycles. The number of hydrogen-bond acceptors (Lipinski definition) is 3. The standard InChI is InChI=1S/C15H15N3O2S/c19-14(11-9-16-15(20)17-11)18-13(12-7-4-8-21-12)10-5-2-1-3-6-10/h1-8,11,13H,9H2,(H,18,19)(H2,16,17,20)/t11-,13+/m1/s1. The second-order valence-corrected chi connectivity index (χ2v) is 5.75. The van der Waals surface area contributed by atoms with E-state index in [9.17, 15) is 9.59 Å². The van der Waals surface area contributed by atoms with E-state index in [0.29, 0.717) is 6.54 Å². The van der Waals surface area contributed by atoms with Gasteiger partial charge in [0.15, 0.2) is 0 Å². The quantitative estimate of drug-likeness (QED) is 0.803. The first kappa shape index (κ1) is 13.6. The van der Waals surface area contributed by atoms with Crippen LogP contribution in [0.5, 0.6) is 0 Å². The molecular formula is C15H15N3O2S. The van der Waals surface area contributed by atoms with Gasteiger partial charge in [-0.15, -0.1) is 11.3 Å². The van der Waals surface area contributed by atoms with Gasteiger partial charge in [0, 0.05) is 11.4 Å². The van der Waals surface area contributed by atoms with Gasteiger partial charge < -0.3 is 16.0 Å². The van der Waals surface area contributed by atoms with E-state index in [1.165, 1.54) is 0 Å². The second kappa shape index (κ2) is 5.97. The van der Waals surface area contributed by atoms with Gasteiger partial charge in [-0.05, 0) is 17.0 Å². The molecule has 108 valence electrons. The molecule has 0 spiro atoms. The van der Waals surface area contributed by atoms with E-state index in [0.717, 1.165) is 10.4 Å². The van der Waals surface area contributed by atoms with Crippen LogP contribution >= 0.6 is 11.3 Å². The summed E-state index contributed by atoms with van der Waals surface area (Å²) in [5.41, 5.74) is 1.02. The molecule has 0 saturated carbocycles. The first-order chi connectivity index (χ1) is 10.2. The van der Waals surface area contributed by atoms with Gasteiger partial charge in [0.2, 0.25) is 5.91 Å². The van der Waals surface area contributed by atoms with Crippen molar-refractivity contribution in [3.63, 3.8) is 0 Å². The number of hydrogen-bond donors (Lipinski definition) is 3. The zero-order valence-electron chi connectivity index (χ0n) is 11.2. The number of rotatable bonds is 4. The van der Waals surface area contributed by atoms with E-state index >= 15 is 0 Å². The summed E-state index contributed by atoms with van der Waals surface area (Å²) >= 11 is 1.59. The number of benzene rings is 1. The lowest BCUT2D eigenvalue weighted by Gasteiger charge is -2.20. The molecule has 0 radical (unpaired) electrons. The van der Waals surface area contributed by atoms with Gasteiger partial charge in [-0.2, -0.15) is 0 Å². The Morgan fingerprint density at radius 3 is 2.67 bits per heavy atom. The molecule has 2 aromatic rings. The van der Waals surface area contributed by atoms with Crippen molar-refractivity contribution in [3.05, 3.63) is 58.3 Å². The SMILES string of the molecule is O=C1NC[C@H](C(=O)N[C@@H](c2ccccc2)c2cccs2)N1. The highest BCUT2D eigenvalue weighted by Crippen LogP contribution is 2.26. The summed E-state index contributed by atoms with van der Waals surface area (Å²) in [7, 11) is 0. The Balaban J connectivity index is 1.80. The molecule has 2 heterocycles. The molecule has 5 nitrogen and oxygen atoms in total. The van der Waals surface area contributed by atoms with E-state index < -0.39 is 6.04 Å². The third-order valence-electron chi connectivity index (χ3n) is 3.34. The Labute approximate surface area is 126 Å². The van der Waals surface area contributed by atoms with E-state index in [2.05, 4.69) is 16.0 Å². The van der Waals surface area contributed by atoms with Gasteiger partial charge >= 0.3 is 6.03 Å². The van der Waals surface area contributed by atoms with Crippen LogP contribution in [0.25, 0.3) is 0 Å². The van der Waals surface area contributed by atoms with Crippen LogP contribution in [-0.4, -0.2) is 24.5 Å². The number of nitrogens with one attached hydrogen (secondary N) is 3. The van der Waals surface area contributed by atoms with Crippen molar-refractivity contribution < 1.29 is 9.59 Å². The maximum Gasteiger partial charge on any atom is 0.315 e. The molecule has 1 saturated heterocycles.